The summed E-state index contributed by atoms with van der Waals surface area (Å²) in [5, 5.41) is 10.1. The average molecular weight is 238 g/mol. The van der Waals surface area contributed by atoms with Crippen LogP contribution in [0.15, 0.2) is 24.3 Å². The lowest BCUT2D eigenvalue weighted by Crippen LogP contribution is -1.98. The molecule has 1 aromatic heterocycles. The van der Waals surface area contributed by atoms with Crippen LogP contribution in [0.5, 0.6) is 0 Å². The van der Waals surface area contributed by atoms with Crippen molar-refractivity contribution < 1.29 is 0 Å². The SMILES string of the molecule is CCc1ccc2nc(C(C)C)cc(CC#N)c2c1. The van der Waals surface area contributed by atoms with Gasteiger partial charge in [-0.2, -0.15) is 5.26 Å². The van der Waals surface area contributed by atoms with Gasteiger partial charge < -0.3 is 0 Å². The van der Waals surface area contributed by atoms with Gasteiger partial charge in [0.05, 0.1) is 18.0 Å². The van der Waals surface area contributed by atoms with Crippen LogP contribution in [-0.2, 0) is 12.8 Å². The van der Waals surface area contributed by atoms with Crippen LogP contribution in [0.2, 0.25) is 0 Å². The van der Waals surface area contributed by atoms with Crippen LogP contribution in [0.3, 0.4) is 0 Å². The largest absolute Gasteiger partial charge is 0.253 e. The zero-order chi connectivity index (χ0) is 13.1. The molecule has 0 N–H and O–H groups in total. The molecule has 2 rings (SSSR count). The molecule has 1 aromatic carbocycles. The Morgan fingerprint density at radius 1 is 1.28 bits per heavy atom. The van der Waals surface area contributed by atoms with E-state index in [1.54, 1.807) is 0 Å². The van der Waals surface area contributed by atoms with E-state index < -0.39 is 0 Å². The second kappa shape index (κ2) is 5.18. The molecule has 0 bridgehead atoms. The first-order valence-electron chi connectivity index (χ1n) is 6.45. The molecular formula is C16H18N2. The lowest BCUT2D eigenvalue weighted by molar-refractivity contribution is 0.827. The highest BCUT2D eigenvalue weighted by Crippen LogP contribution is 2.24. The molecule has 2 heteroatoms. The van der Waals surface area contributed by atoms with E-state index >= 15 is 0 Å². The number of rotatable bonds is 3. The summed E-state index contributed by atoms with van der Waals surface area (Å²) < 4.78 is 0. The van der Waals surface area contributed by atoms with Crippen molar-refractivity contribution in [3.63, 3.8) is 0 Å². The van der Waals surface area contributed by atoms with Gasteiger partial charge in [0, 0.05) is 11.1 Å². The van der Waals surface area contributed by atoms with Crippen molar-refractivity contribution in [1.29, 1.82) is 5.26 Å². The highest BCUT2D eigenvalue weighted by atomic mass is 14.7. The Hall–Kier alpha value is -1.88. The zero-order valence-electron chi connectivity index (χ0n) is 11.2. The highest BCUT2D eigenvalue weighted by molar-refractivity contribution is 5.83. The van der Waals surface area contributed by atoms with Crippen molar-refractivity contribution >= 4 is 10.9 Å². The molecule has 0 amide bonds. The van der Waals surface area contributed by atoms with Crippen LogP contribution in [0.25, 0.3) is 10.9 Å². The minimum atomic E-state index is 0.387. The number of fused-ring (bicyclic) bond motifs is 1. The minimum Gasteiger partial charge on any atom is -0.253 e. The van der Waals surface area contributed by atoms with Crippen LogP contribution in [0, 0.1) is 11.3 Å². The Morgan fingerprint density at radius 2 is 2.06 bits per heavy atom. The lowest BCUT2D eigenvalue weighted by atomic mass is 9.99. The van der Waals surface area contributed by atoms with Crippen LogP contribution in [0.1, 0.15) is 43.5 Å². The van der Waals surface area contributed by atoms with E-state index in [4.69, 9.17) is 5.26 Å². The molecule has 92 valence electrons. The van der Waals surface area contributed by atoms with Gasteiger partial charge in [0.2, 0.25) is 0 Å². The van der Waals surface area contributed by atoms with Gasteiger partial charge in [0.15, 0.2) is 0 Å². The van der Waals surface area contributed by atoms with Gasteiger partial charge in [-0.25, -0.2) is 0 Å². The van der Waals surface area contributed by atoms with Crippen LogP contribution < -0.4 is 0 Å². The first-order chi connectivity index (χ1) is 8.65. The summed E-state index contributed by atoms with van der Waals surface area (Å²) in [6.45, 7) is 6.40. The summed E-state index contributed by atoms with van der Waals surface area (Å²) in [5.41, 5.74) is 4.46. The second-order valence-corrected chi connectivity index (χ2v) is 4.90. The quantitative estimate of drug-likeness (QED) is 0.810. The van der Waals surface area contributed by atoms with Crippen molar-refractivity contribution in [1.82, 2.24) is 4.98 Å². The summed E-state index contributed by atoms with van der Waals surface area (Å²) in [7, 11) is 0. The van der Waals surface area contributed by atoms with Gasteiger partial charge in [-0.05, 0) is 41.7 Å². The molecule has 0 unspecified atom stereocenters. The van der Waals surface area contributed by atoms with E-state index in [-0.39, 0.29) is 0 Å². The van der Waals surface area contributed by atoms with Gasteiger partial charge in [-0.3, -0.25) is 4.98 Å². The molecule has 18 heavy (non-hydrogen) atoms. The van der Waals surface area contributed by atoms with Gasteiger partial charge in [-0.15, -0.1) is 0 Å². The zero-order valence-corrected chi connectivity index (χ0v) is 11.2. The Labute approximate surface area is 108 Å². The Balaban J connectivity index is 2.69. The summed E-state index contributed by atoms with van der Waals surface area (Å²) >= 11 is 0. The lowest BCUT2D eigenvalue weighted by Gasteiger charge is -2.11. The predicted octanol–water partition coefficient (Wildman–Crippen LogP) is 3.99. The fourth-order valence-electron chi connectivity index (χ4n) is 2.11. The molecule has 0 saturated carbocycles. The topological polar surface area (TPSA) is 36.7 Å². The smallest absolute Gasteiger partial charge is 0.0708 e. The monoisotopic (exact) mass is 238 g/mol. The first kappa shape index (κ1) is 12.6. The maximum absolute atomic E-state index is 8.96. The summed E-state index contributed by atoms with van der Waals surface area (Å²) in [6, 6.07) is 10.7. The number of benzene rings is 1. The van der Waals surface area contributed by atoms with Crippen molar-refractivity contribution in [2.45, 2.75) is 39.5 Å². The molecule has 2 aromatic rings. The number of aryl methyl sites for hydroxylation is 1. The Bertz CT molecular complexity index is 606. The van der Waals surface area contributed by atoms with Crippen molar-refractivity contribution in [3.05, 3.63) is 41.1 Å². The molecule has 0 radical (unpaired) electrons. The standard InChI is InChI=1S/C16H18N2/c1-4-12-5-6-15-14(9-12)13(7-8-17)10-16(18-15)11(2)3/h5-6,9-11H,4,7H2,1-3H3. The molecule has 0 spiro atoms. The number of hydrogen-bond acceptors (Lipinski definition) is 2. The molecule has 0 aliphatic rings. The molecule has 0 atom stereocenters. The third-order valence-corrected chi connectivity index (χ3v) is 3.25. The summed E-state index contributed by atoms with van der Waals surface area (Å²) in [5.74, 6) is 0.387. The fourth-order valence-corrected chi connectivity index (χ4v) is 2.11. The number of pyridine rings is 1. The molecule has 0 fully saturated rings. The number of hydrogen-bond donors (Lipinski definition) is 0. The van der Waals surface area contributed by atoms with Gasteiger partial charge in [-0.1, -0.05) is 26.8 Å². The molecule has 0 aliphatic carbocycles. The van der Waals surface area contributed by atoms with Crippen LogP contribution in [-0.4, -0.2) is 4.98 Å². The van der Waals surface area contributed by atoms with Crippen molar-refractivity contribution in [2.24, 2.45) is 0 Å². The maximum Gasteiger partial charge on any atom is 0.0708 e. The third-order valence-electron chi connectivity index (χ3n) is 3.25. The van der Waals surface area contributed by atoms with E-state index in [2.05, 4.69) is 56.1 Å². The number of nitriles is 1. The predicted molar refractivity (Wildman–Crippen MR) is 74.5 cm³/mol. The minimum absolute atomic E-state index is 0.387. The Morgan fingerprint density at radius 3 is 2.67 bits per heavy atom. The normalized spacial score (nSPS) is 10.8. The molecule has 2 nitrogen and oxygen atoms in total. The second-order valence-electron chi connectivity index (χ2n) is 4.90. The average Bonchev–Trinajstić information content (AvgIpc) is 2.38. The molecule has 0 aliphatic heterocycles. The molecule has 1 heterocycles. The maximum atomic E-state index is 8.96. The van der Waals surface area contributed by atoms with E-state index in [0.717, 1.165) is 28.6 Å². The fraction of sp³-hybridized carbons (Fsp3) is 0.375. The van der Waals surface area contributed by atoms with Gasteiger partial charge in [0.25, 0.3) is 0 Å². The summed E-state index contributed by atoms with van der Waals surface area (Å²) in [4.78, 5) is 4.68. The van der Waals surface area contributed by atoms with Crippen LogP contribution in [0.4, 0.5) is 0 Å². The van der Waals surface area contributed by atoms with Crippen molar-refractivity contribution in [2.75, 3.05) is 0 Å². The van der Waals surface area contributed by atoms with Crippen molar-refractivity contribution in [3.8, 4) is 6.07 Å². The Kier molecular flexibility index (Phi) is 3.62. The van der Waals surface area contributed by atoms with Gasteiger partial charge >= 0.3 is 0 Å². The summed E-state index contributed by atoms with van der Waals surface area (Å²) in [6.07, 6.45) is 1.46. The van der Waals surface area contributed by atoms with E-state index in [1.807, 2.05) is 0 Å². The third kappa shape index (κ3) is 2.36. The van der Waals surface area contributed by atoms with E-state index in [0.29, 0.717) is 12.3 Å². The van der Waals surface area contributed by atoms with E-state index in [9.17, 15) is 0 Å². The highest BCUT2D eigenvalue weighted by Gasteiger charge is 2.08. The molecular weight excluding hydrogens is 220 g/mol. The van der Waals surface area contributed by atoms with Gasteiger partial charge in [0.1, 0.15) is 0 Å². The number of aromatic nitrogens is 1. The molecule has 0 saturated heterocycles. The first-order valence-corrected chi connectivity index (χ1v) is 6.45. The van der Waals surface area contributed by atoms with E-state index in [1.165, 1.54) is 5.56 Å². The number of nitrogens with zero attached hydrogens (tertiary/aromatic N) is 2. The van der Waals surface area contributed by atoms with Crippen LogP contribution >= 0.6 is 0 Å².